The number of nitro groups is 1. The molecule has 0 atom stereocenters. The Balaban J connectivity index is 1.88. The number of hydrogen-bond donors (Lipinski definition) is 0. The molecule has 0 amide bonds. The predicted molar refractivity (Wildman–Crippen MR) is 117 cm³/mol. The number of sulfonamides is 1. The fourth-order valence-corrected chi connectivity index (χ4v) is 4.65. The highest BCUT2D eigenvalue weighted by Crippen LogP contribution is 2.28. The van der Waals surface area contributed by atoms with Crippen molar-refractivity contribution in [2.75, 3.05) is 20.8 Å². The Morgan fingerprint density at radius 1 is 1.06 bits per heavy atom. The standard InChI is InChI=1S/C21H24N4O6S/c1-23-14-17(13-22-23)15-24(11-10-16-4-9-20(30-2)21(12-16)31-3)32(28,29)19-7-5-18(6-8-19)25(26)27/h4-9,12-14H,10-11,15H2,1-3H3. The van der Waals surface area contributed by atoms with Crippen molar-refractivity contribution in [3.63, 3.8) is 0 Å². The lowest BCUT2D eigenvalue weighted by Gasteiger charge is -2.22. The van der Waals surface area contributed by atoms with Gasteiger partial charge in [-0.3, -0.25) is 14.8 Å². The van der Waals surface area contributed by atoms with Crippen LogP contribution >= 0.6 is 0 Å². The molecule has 1 heterocycles. The number of methoxy groups -OCH3 is 2. The molecule has 32 heavy (non-hydrogen) atoms. The van der Waals surface area contributed by atoms with Crippen LogP contribution < -0.4 is 9.47 Å². The Morgan fingerprint density at radius 3 is 2.31 bits per heavy atom. The van der Waals surface area contributed by atoms with Gasteiger partial charge >= 0.3 is 0 Å². The Labute approximate surface area is 186 Å². The summed E-state index contributed by atoms with van der Waals surface area (Å²) in [7, 11) is 0.922. The van der Waals surface area contributed by atoms with Crippen LogP contribution in [0.3, 0.4) is 0 Å². The van der Waals surface area contributed by atoms with Gasteiger partial charge in [-0.2, -0.15) is 9.40 Å². The van der Waals surface area contributed by atoms with Gasteiger partial charge in [0.15, 0.2) is 11.5 Å². The van der Waals surface area contributed by atoms with Gasteiger partial charge < -0.3 is 9.47 Å². The van der Waals surface area contributed by atoms with E-state index < -0.39 is 14.9 Å². The van der Waals surface area contributed by atoms with E-state index in [2.05, 4.69) is 5.10 Å². The van der Waals surface area contributed by atoms with E-state index in [4.69, 9.17) is 9.47 Å². The molecule has 0 aliphatic rings. The summed E-state index contributed by atoms with van der Waals surface area (Å²) in [6, 6.07) is 10.3. The molecular formula is C21H24N4O6S. The molecule has 11 heteroatoms. The van der Waals surface area contributed by atoms with Gasteiger partial charge in [0.05, 0.1) is 30.2 Å². The lowest BCUT2D eigenvalue weighted by molar-refractivity contribution is -0.384. The minimum Gasteiger partial charge on any atom is -0.493 e. The SMILES string of the molecule is COc1ccc(CCN(Cc2cnn(C)c2)S(=O)(=O)c2ccc([N+](=O)[O-])cc2)cc1OC. The number of aryl methyl sites for hydroxylation is 1. The van der Waals surface area contributed by atoms with Crippen molar-refractivity contribution < 1.29 is 22.8 Å². The molecule has 3 aromatic rings. The summed E-state index contributed by atoms with van der Waals surface area (Å²) in [4.78, 5) is 10.3. The number of nitro benzene ring substituents is 1. The zero-order valence-corrected chi connectivity index (χ0v) is 18.8. The number of nitrogens with zero attached hydrogens (tertiary/aromatic N) is 4. The molecule has 10 nitrogen and oxygen atoms in total. The van der Waals surface area contributed by atoms with E-state index >= 15 is 0 Å². The van der Waals surface area contributed by atoms with Gasteiger partial charge in [-0.15, -0.1) is 0 Å². The van der Waals surface area contributed by atoms with E-state index in [1.807, 2.05) is 6.07 Å². The molecule has 0 radical (unpaired) electrons. The van der Waals surface area contributed by atoms with Crippen molar-refractivity contribution in [2.24, 2.45) is 7.05 Å². The van der Waals surface area contributed by atoms with Crippen LogP contribution in [0.4, 0.5) is 5.69 Å². The summed E-state index contributed by atoms with van der Waals surface area (Å²) < 4.78 is 40.2. The normalized spacial score (nSPS) is 11.5. The Bertz CT molecular complexity index is 1190. The topological polar surface area (TPSA) is 117 Å². The number of benzene rings is 2. The summed E-state index contributed by atoms with van der Waals surface area (Å²) in [6.45, 7) is 0.296. The molecule has 0 unspecified atom stereocenters. The van der Waals surface area contributed by atoms with E-state index in [1.54, 1.807) is 43.4 Å². The van der Waals surface area contributed by atoms with Gasteiger partial charge in [0, 0.05) is 44.0 Å². The highest BCUT2D eigenvalue weighted by molar-refractivity contribution is 7.89. The lowest BCUT2D eigenvalue weighted by atomic mass is 10.1. The Hall–Kier alpha value is -3.44. The molecule has 0 N–H and O–H groups in total. The maximum atomic E-state index is 13.4. The molecule has 0 saturated carbocycles. The molecular weight excluding hydrogens is 436 g/mol. The largest absolute Gasteiger partial charge is 0.493 e. The quantitative estimate of drug-likeness (QED) is 0.337. The third-order valence-corrected chi connectivity index (χ3v) is 6.76. The first kappa shape index (κ1) is 23.2. The molecule has 0 fully saturated rings. The smallest absolute Gasteiger partial charge is 0.269 e. The van der Waals surface area contributed by atoms with Crippen LogP contribution in [0.1, 0.15) is 11.1 Å². The zero-order chi connectivity index (χ0) is 23.3. The highest BCUT2D eigenvalue weighted by Gasteiger charge is 2.26. The second-order valence-corrected chi connectivity index (χ2v) is 8.99. The summed E-state index contributed by atoms with van der Waals surface area (Å²) in [5, 5.41) is 15.0. The number of rotatable bonds is 10. The molecule has 0 aliphatic heterocycles. The molecule has 1 aromatic heterocycles. The Kier molecular flexibility index (Phi) is 7.11. The van der Waals surface area contributed by atoms with Crippen molar-refractivity contribution in [3.8, 4) is 11.5 Å². The first-order valence-corrected chi connectivity index (χ1v) is 11.1. The maximum Gasteiger partial charge on any atom is 0.269 e. The van der Waals surface area contributed by atoms with Crippen LogP contribution in [0.25, 0.3) is 0 Å². The third kappa shape index (κ3) is 5.24. The van der Waals surface area contributed by atoms with Crippen LogP contribution in [0, 0.1) is 10.1 Å². The Morgan fingerprint density at radius 2 is 1.75 bits per heavy atom. The monoisotopic (exact) mass is 460 g/mol. The van der Waals surface area contributed by atoms with E-state index in [0.29, 0.717) is 17.9 Å². The van der Waals surface area contributed by atoms with Crippen LogP contribution in [0.2, 0.25) is 0 Å². The molecule has 170 valence electrons. The lowest BCUT2D eigenvalue weighted by Crippen LogP contribution is -2.32. The summed E-state index contributed by atoms with van der Waals surface area (Å²) in [5.41, 5.74) is 1.43. The van der Waals surface area contributed by atoms with Gasteiger partial charge in [-0.05, 0) is 36.2 Å². The average Bonchev–Trinajstić information content (AvgIpc) is 3.20. The summed E-state index contributed by atoms with van der Waals surface area (Å²) in [5.74, 6) is 1.14. The van der Waals surface area contributed by atoms with Crippen molar-refractivity contribution >= 4 is 15.7 Å². The second kappa shape index (κ2) is 9.79. The van der Waals surface area contributed by atoms with Gasteiger partial charge in [-0.1, -0.05) is 6.07 Å². The van der Waals surface area contributed by atoms with Crippen molar-refractivity contribution in [1.29, 1.82) is 0 Å². The average molecular weight is 461 g/mol. The van der Waals surface area contributed by atoms with Gasteiger partial charge in [0.25, 0.3) is 5.69 Å². The molecule has 2 aromatic carbocycles. The third-order valence-electron chi connectivity index (χ3n) is 4.90. The highest BCUT2D eigenvalue weighted by atomic mass is 32.2. The molecule has 0 bridgehead atoms. The van der Waals surface area contributed by atoms with Crippen LogP contribution in [0.5, 0.6) is 11.5 Å². The number of hydrogen-bond acceptors (Lipinski definition) is 7. The van der Waals surface area contributed by atoms with Gasteiger partial charge in [0.2, 0.25) is 10.0 Å². The van der Waals surface area contributed by atoms with Crippen molar-refractivity contribution in [1.82, 2.24) is 14.1 Å². The second-order valence-electron chi connectivity index (χ2n) is 7.05. The minimum absolute atomic E-state index is 0.0145. The van der Waals surface area contributed by atoms with Crippen molar-refractivity contribution in [2.45, 2.75) is 17.9 Å². The van der Waals surface area contributed by atoms with Crippen LogP contribution in [-0.4, -0.2) is 48.2 Å². The maximum absolute atomic E-state index is 13.4. The van der Waals surface area contributed by atoms with Crippen molar-refractivity contribution in [3.05, 3.63) is 76.1 Å². The summed E-state index contributed by atoms with van der Waals surface area (Å²) >= 11 is 0. The molecule has 0 saturated heterocycles. The molecule has 3 rings (SSSR count). The van der Waals surface area contributed by atoms with Gasteiger partial charge in [0.1, 0.15) is 0 Å². The first-order chi connectivity index (χ1) is 15.2. The summed E-state index contributed by atoms with van der Waals surface area (Å²) in [6.07, 6.45) is 3.77. The molecule has 0 aliphatic carbocycles. The zero-order valence-electron chi connectivity index (χ0n) is 18.0. The van der Waals surface area contributed by atoms with Gasteiger partial charge in [-0.25, -0.2) is 8.42 Å². The number of non-ortho nitro benzene ring substituents is 1. The van der Waals surface area contributed by atoms with E-state index in [-0.39, 0.29) is 23.7 Å². The number of aromatic nitrogens is 2. The minimum atomic E-state index is -3.91. The van der Waals surface area contributed by atoms with Crippen LogP contribution in [-0.2, 0) is 30.0 Å². The van der Waals surface area contributed by atoms with Crippen LogP contribution in [0.15, 0.2) is 59.8 Å². The first-order valence-electron chi connectivity index (χ1n) is 9.67. The fraction of sp³-hybridized carbons (Fsp3) is 0.286. The predicted octanol–water partition coefficient (Wildman–Crippen LogP) is 2.78. The van der Waals surface area contributed by atoms with E-state index in [0.717, 1.165) is 11.1 Å². The van der Waals surface area contributed by atoms with E-state index in [9.17, 15) is 18.5 Å². The molecule has 0 spiro atoms. The number of ether oxygens (including phenoxy) is 2. The fourth-order valence-electron chi connectivity index (χ4n) is 3.22. The van der Waals surface area contributed by atoms with E-state index in [1.165, 1.54) is 35.7 Å².